The minimum atomic E-state index is -0.563. The molecule has 2 saturated carbocycles. The summed E-state index contributed by atoms with van der Waals surface area (Å²) in [5, 5.41) is 26.7. The smallest absolute Gasteiger partial charge is 0.232 e. The molecule has 9 nitrogen and oxygen atoms in total. The summed E-state index contributed by atoms with van der Waals surface area (Å²) in [7, 11) is 3.08. The van der Waals surface area contributed by atoms with Gasteiger partial charge in [0, 0.05) is 19.2 Å². The van der Waals surface area contributed by atoms with Crippen LogP contribution >= 0.6 is 0 Å². The van der Waals surface area contributed by atoms with Crippen LogP contribution in [0.15, 0.2) is 12.1 Å². The molecule has 4 rings (SSSR count). The lowest BCUT2D eigenvalue weighted by molar-refractivity contribution is 0.157. The van der Waals surface area contributed by atoms with Crippen LogP contribution in [0.4, 0.5) is 11.8 Å². The van der Waals surface area contributed by atoms with Crippen molar-refractivity contribution in [3.8, 4) is 23.6 Å². The highest BCUT2D eigenvalue weighted by Gasteiger charge is 2.33. The van der Waals surface area contributed by atoms with Crippen LogP contribution in [0.2, 0.25) is 0 Å². The molecule has 9 heteroatoms. The second-order valence-electron chi connectivity index (χ2n) is 8.68. The molecule has 2 aromatic rings. The molecule has 2 aromatic heterocycles. The van der Waals surface area contributed by atoms with Crippen LogP contribution in [0, 0.1) is 30.6 Å². The number of anilines is 2. The van der Waals surface area contributed by atoms with E-state index in [0.717, 1.165) is 12.2 Å². The Kier molecular flexibility index (Phi) is 7.16. The van der Waals surface area contributed by atoms with Crippen LogP contribution in [-0.2, 0) is 0 Å². The van der Waals surface area contributed by atoms with Gasteiger partial charge in [-0.3, -0.25) is 0 Å². The second kappa shape index (κ2) is 10.2. The fraction of sp³-hybridized carbons (Fsp3) is 0.542. The van der Waals surface area contributed by atoms with E-state index in [2.05, 4.69) is 37.4 Å². The molecule has 0 saturated heterocycles. The van der Waals surface area contributed by atoms with Gasteiger partial charge in [-0.2, -0.15) is 9.97 Å². The molecule has 3 atom stereocenters. The largest absolute Gasteiger partial charge is 0.481 e. The van der Waals surface area contributed by atoms with Crippen molar-refractivity contribution in [3.05, 3.63) is 29.0 Å². The van der Waals surface area contributed by atoms with Gasteiger partial charge in [-0.15, -0.1) is 0 Å². The summed E-state index contributed by atoms with van der Waals surface area (Å²) in [5.41, 5.74) is 1.98. The molecule has 0 bridgehead atoms. The number of hydrogen-bond acceptors (Lipinski definition) is 9. The van der Waals surface area contributed by atoms with Gasteiger partial charge in [0.1, 0.15) is 5.82 Å². The molecular formula is C24H31N5O4. The van der Waals surface area contributed by atoms with Crippen LogP contribution in [-0.4, -0.2) is 64.7 Å². The first-order valence-corrected chi connectivity index (χ1v) is 11.3. The molecular weight excluding hydrogens is 422 g/mol. The summed E-state index contributed by atoms with van der Waals surface area (Å²) in [6.07, 6.45) is 3.12. The van der Waals surface area contributed by atoms with Gasteiger partial charge in [0.05, 0.1) is 43.2 Å². The predicted octanol–water partition coefficient (Wildman–Crippen LogP) is 1.96. The van der Waals surface area contributed by atoms with Crippen LogP contribution in [0.5, 0.6) is 11.8 Å². The lowest BCUT2D eigenvalue weighted by Crippen LogP contribution is -2.29. The Balaban J connectivity index is 1.65. The van der Waals surface area contributed by atoms with Crippen molar-refractivity contribution in [1.29, 1.82) is 0 Å². The number of hydrogen-bond donors (Lipinski definition) is 4. The van der Waals surface area contributed by atoms with E-state index < -0.39 is 6.10 Å². The van der Waals surface area contributed by atoms with Gasteiger partial charge in [-0.25, -0.2) is 4.98 Å². The molecule has 0 spiro atoms. The van der Waals surface area contributed by atoms with Crippen LogP contribution in [0.25, 0.3) is 0 Å². The van der Waals surface area contributed by atoms with Crippen molar-refractivity contribution in [1.82, 2.24) is 15.0 Å². The van der Waals surface area contributed by atoms with Gasteiger partial charge in [0.2, 0.25) is 17.7 Å². The summed E-state index contributed by atoms with van der Waals surface area (Å²) in [5.74, 6) is 8.96. The summed E-state index contributed by atoms with van der Waals surface area (Å²) < 4.78 is 10.5. The van der Waals surface area contributed by atoms with Crippen LogP contribution in [0.1, 0.15) is 42.5 Å². The number of rotatable bonds is 8. The molecule has 2 heterocycles. The highest BCUT2D eigenvalue weighted by Crippen LogP contribution is 2.31. The van der Waals surface area contributed by atoms with Crippen LogP contribution in [0.3, 0.4) is 0 Å². The van der Waals surface area contributed by atoms with Gasteiger partial charge in [-0.1, -0.05) is 11.8 Å². The number of aliphatic hydroxyl groups is 2. The molecule has 2 fully saturated rings. The van der Waals surface area contributed by atoms with Gasteiger partial charge in [-0.05, 0) is 50.5 Å². The Bertz CT molecular complexity index is 1050. The predicted molar refractivity (Wildman–Crippen MR) is 125 cm³/mol. The van der Waals surface area contributed by atoms with Crippen molar-refractivity contribution in [2.45, 2.75) is 44.8 Å². The first-order valence-electron chi connectivity index (χ1n) is 11.3. The lowest BCUT2D eigenvalue weighted by atomic mass is 10.1. The molecule has 0 amide bonds. The number of methoxy groups -OCH3 is 2. The lowest BCUT2D eigenvalue weighted by Gasteiger charge is -2.19. The quantitative estimate of drug-likeness (QED) is 0.444. The number of aliphatic hydroxyl groups excluding tert-OH is 2. The fourth-order valence-electron chi connectivity index (χ4n) is 3.98. The standard InChI is InChI=1S/C24H31N5O4/c1-14-18(8-6-17-7-9-21(32-2)28-23(17)33-3)22(27-19-10-16(13-30)11-20(19)31)29-24(26-14)25-12-15-4-5-15/h7,9,15-16,19-20,30-31H,4-5,10-13H2,1-3H3,(H2,25,26,27,29)/t16-,19+,20+/m0/s1. The van der Waals surface area contributed by atoms with E-state index >= 15 is 0 Å². The van der Waals surface area contributed by atoms with Crippen molar-refractivity contribution in [2.75, 3.05) is 38.0 Å². The average molecular weight is 454 g/mol. The number of aryl methyl sites for hydroxylation is 1. The van der Waals surface area contributed by atoms with E-state index in [-0.39, 0.29) is 18.6 Å². The van der Waals surface area contributed by atoms with Crippen molar-refractivity contribution in [2.24, 2.45) is 11.8 Å². The Hall–Kier alpha value is -3.09. The zero-order chi connectivity index (χ0) is 23.4. The van der Waals surface area contributed by atoms with Gasteiger partial charge >= 0.3 is 0 Å². The zero-order valence-electron chi connectivity index (χ0n) is 19.3. The summed E-state index contributed by atoms with van der Waals surface area (Å²) >= 11 is 0. The third kappa shape index (κ3) is 5.64. The molecule has 0 aliphatic heterocycles. The van der Waals surface area contributed by atoms with E-state index in [1.165, 1.54) is 20.0 Å². The van der Waals surface area contributed by atoms with Crippen LogP contribution < -0.4 is 20.1 Å². The van der Waals surface area contributed by atoms with Gasteiger partial charge in [0.15, 0.2) is 0 Å². The topological polar surface area (TPSA) is 122 Å². The summed E-state index contributed by atoms with van der Waals surface area (Å²) in [4.78, 5) is 13.6. The second-order valence-corrected chi connectivity index (χ2v) is 8.68. The minimum absolute atomic E-state index is 0.0587. The SMILES string of the molecule is COc1ccc(C#Cc2c(C)nc(NCC3CC3)nc2N[C@@H]2C[C@H](CO)C[C@H]2O)c(OC)n1. The Morgan fingerprint density at radius 2 is 1.88 bits per heavy atom. The van der Waals surface area contributed by atoms with E-state index in [1.807, 2.05) is 6.92 Å². The van der Waals surface area contributed by atoms with E-state index in [0.29, 0.717) is 53.4 Å². The maximum atomic E-state index is 10.5. The van der Waals surface area contributed by atoms with E-state index in [9.17, 15) is 10.2 Å². The number of pyridine rings is 1. The summed E-state index contributed by atoms with van der Waals surface area (Å²) in [6.45, 7) is 2.80. The maximum Gasteiger partial charge on any atom is 0.232 e. The molecule has 0 radical (unpaired) electrons. The molecule has 0 unspecified atom stereocenters. The molecule has 33 heavy (non-hydrogen) atoms. The number of nitrogens with zero attached hydrogens (tertiary/aromatic N) is 3. The number of nitrogens with one attached hydrogen (secondary N) is 2. The average Bonchev–Trinajstić information content (AvgIpc) is 3.59. The monoisotopic (exact) mass is 453 g/mol. The fourth-order valence-corrected chi connectivity index (χ4v) is 3.98. The minimum Gasteiger partial charge on any atom is -0.481 e. The number of aromatic nitrogens is 3. The van der Waals surface area contributed by atoms with Crippen molar-refractivity contribution >= 4 is 11.8 Å². The molecule has 2 aliphatic rings. The third-order valence-electron chi connectivity index (χ3n) is 6.10. The van der Waals surface area contributed by atoms with Crippen molar-refractivity contribution < 1.29 is 19.7 Å². The van der Waals surface area contributed by atoms with Gasteiger partial charge in [0.25, 0.3) is 0 Å². The Labute approximate surface area is 194 Å². The number of ether oxygens (including phenoxy) is 2. The highest BCUT2D eigenvalue weighted by molar-refractivity contribution is 5.61. The van der Waals surface area contributed by atoms with E-state index in [4.69, 9.17) is 9.47 Å². The highest BCUT2D eigenvalue weighted by atomic mass is 16.5. The zero-order valence-corrected chi connectivity index (χ0v) is 19.3. The molecule has 176 valence electrons. The maximum absolute atomic E-state index is 10.5. The first kappa shape index (κ1) is 23.1. The normalized spacial score (nSPS) is 21.8. The Morgan fingerprint density at radius 3 is 2.55 bits per heavy atom. The third-order valence-corrected chi connectivity index (χ3v) is 6.10. The van der Waals surface area contributed by atoms with E-state index in [1.54, 1.807) is 19.2 Å². The molecule has 4 N–H and O–H groups in total. The summed E-state index contributed by atoms with van der Waals surface area (Å²) in [6, 6.07) is 3.30. The molecule has 2 aliphatic carbocycles. The van der Waals surface area contributed by atoms with Crippen molar-refractivity contribution in [3.63, 3.8) is 0 Å². The Morgan fingerprint density at radius 1 is 1.06 bits per heavy atom. The molecule has 0 aromatic carbocycles. The van der Waals surface area contributed by atoms with Gasteiger partial charge < -0.3 is 30.3 Å². The first-order chi connectivity index (χ1) is 16.0.